The average Bonchev–Trinajstić information content (AvgIpc) is 2.85. The van der Waals surface area contributed by atoms with Crippen LogP contribution in [0.2, 0.25) is 5.02 Å². The number of hydrogen-bond acceptors (Lipinski definition) is 2. The van der Waals surface area contributed by atoms with Crippen LogP contribution in [0.4, 0.5) is 23.4 Å². The van der Waals surface area contributed by atoms with Gasteiger partial charge in [0.05, 0.1) is 22.0 Å². The highest BCUT2D eigenvalue weighted by molar-refractivity contribution is 6.32. The summed E-state index contributed by atoms with van der Waals surface area (Å²) >= 11 is 6.25. The van der Waals surface area contributed by atoms with E-state index >= 15 is 0 Å². The molecule has 1 aliphatic heterocycles. The van der Waals surface area contributed by atoms with Crippen molar-refractivity contribution in [2.75, 3.05) is 11.9 Å². The van der Waals surface area contributed by atoms with Gasteiger partial charge in [-0.1, -0.05) is 23.7 Å². The highest BCUT2D eigenvalue weighted by Gasteiger charge is 2.32. The van der Waals surface area contributed by atoms with Crippen molar-refractivity contribution in [1.82, 2.24) is 9.78 Å². The van der Waals surface area contributed by atoms with Crippen LogP contribution in [0.15, 0.2) is 42.5 Å². The molecule has 8 heteroatoms. The van der Waals surface area contributed by atoms with Gasteiger partial charge < -0.3 is 5.32 Å². The fourth-order valence-electron chi connectivity index (χ4n) is 3.54. The Morgan fingerprint density at radius 2 is 1.83 bits per heavy atom. The molecule has 3 nitrogen and oxygen atoms in total. The molecule has 2 heterocycles. The molecular formula is C21H18ClF4N3. The maximum absolute atomic E-state index is 13.2. The summed E-state index contributed by atoms with van der Waals surface area (Å²) in [5.74, 6) is 0.344. The predicted octanol–water partition coefficient (Wildman–Crippen LogP) is 6.02. The van der Waals surface area contributed by atoms with E-state index in [9.17, 15) is 17.6 Å². The van der Waals surface area contributed by atoms with E-state index < -0.39 is 11.7 Å². The van der Waals surface area contributed by atoms with Gasteiger partial charge in [0.2, 0.25) is 0 Å². The zero-order valence-electron chi connectivity index (χ0n) is 15.4. The molecule has 0 fully saturated rings. The van der Waals surface area contributed by atoms with Crippen molar-refractivity contribution in [3.63, 3.8) is 0 Å². The van der Waals surface area contributed by atoms with Gasteiger partial charge in [0.15, 0.2) is 0 Å². The molecule has 0 spiro atoms. The monoisotopic (exact) mass is 423 g/mol. The summed E-state index contributed by atoms with van der Waals surface area (Å²) in [5, 5.41) is 8.09. The van der Waals surface area contributed by atoms with Gasteiger partial charge in [0.1, 0.15) is 11.6 Å². The summed E-state index contributed by atoms with van der Waals surface area (Å²) in [7, 11) is 0. The van der Waals surface area contributed by atoms with Crippen LogP contribution >= 0.6 is 11.6 Å². The molecule has 1 aromatic heterocycles. The number of fused-ring (bicyclic) bond motifs is 1. The van der Waals surface area contributed by atoms with E-state index in [1.54, 1.807) is 12.1 Å². The number of rotatable bonds is 3. The van der Waals surface area contributed by atoms with Crippen LogP contribution in [0, 0.1) is 5.82 Å². The molecule has 0 aliphatic carbocycles. The van der Waals surface area contributed by atoms with Crippen LogP contribution in [0.25, 0.3) is 5.69 Å². The topological polar surface area (TPSA) is 29.9 Å². The third-order valence-electron chi connectivity index (χ3n) is 5.00. The van der Waals surface area contributed by atoms with Crippen LogP contribution < -0.4 is 5.32 Å². The molecule has 4 rings (SSSR count). The van der Waals surface area contributed by atoms with Crippen LogP contribution in [0.1, 0.15) is 35.2 Å². The van der Waals surface area contributed by atoms with Gasteiger partial charge >= 0.3 is 6.18 Å². The average molecular weight is 424 g/mol. The van der Waals surface area contributed by atoms with Crippen LogP contribution in [-0.2, 0) is 19.0 Å². The number of alkyl halides is 3. The highest BCUT2D eigenvalue weighted by atomic mass is 35.5. The number of hydrogen-bond donors (Lipinski definition) is 1. The second-order valence-electron chi connectivity index (χ2n) is 7.04. The largest absolute Gasteiger partial charge is 0.416 e. The van der Waals surface area contributed by atoms with E-state index in [-0.39, 0.29) is 16.5 Å². The zero-order valence-corrected chi connectivity index (χ0v) is 16.1. The summed E-state index contributed by atoms with van der Waals surface area (Å²) < 4.78 is 54.4. The minimum atomic E-state index is -4.48. The molecule has 0 saturated heterocycles. The SMILES string of the molecule is Fc1ccc(Cc2nn(-c3cc(C(F)(F)F)ccc3Cl)c3c2CCCCN3)cc1. The van der Waals surface area contributed by atoms with Crippen molar-refractivity contribution in [1.29, 1.82) is 0 Å². The molecule has 1 N–H and O–H groups in total. The molecule has 1 aliphatic rings. The van der Waals surface area contributed by atoms with E-state index in [1.165, 1.54) is 22.9 Å². The Balaban J connectivity index is 1.82. The quantitative estimate of drug-likeness (QED) is 0.522. The van der Waals surface area contributed by atoms with Gasteiger partial charge in [0, 0.05) is 18.5 Å². The lowest BCUT2D eigenvalue weighted by Gasteiger charge is -2.13. The molecule has 0 bridgehead atoms. The number of halogens is 5. The summed E-state index contributed by atoms with van der Waals surface area (Å²) in [5.41, 5.74) is 1.97. The standard InChI is InChI=1S/C21H18ClF4N3/c22-17-9-6-14(21(24,25)26)12-19(17)29-20-16(3-1-2-10-27-20)18(28-29)11-13-4-7-15(23)8-5-13/h4-9,12,27H,1-3,10-11H2. The van der Waals surface area contributed by atoms with Gasteiger partial charge in [-0.25, -0.2) is 9.07 Å². The number of anilines is 1. The number of aromatic nitrogens is 2. The fourth-order valence-corrected chi connectivity index (χ4v) is 3.73. The van der Waals surface area contributed by atoms with Crippen molar-refractivity contribution >= 4 is 17.4 Å². The Morgan fingerprint density at radius 1 is 1.07 bits per heavy atom. The molecule has 0 saturated carbocycles. The van der Waals surface area contributed by atoms with Crippen molar-refractivity contribution in [3.8, 4) is 5.69 Å². The molecule has 2 aromatic carbocycles. The molecular weight excluding hydrogens is 406 g/mol. The lowest BCUT2D eigenvalue weighted by Crippen LogP contribution is -2.10. The van der Waals surface area contributed by atoms with E-state index in [2.05, 4.69) is 10.4 Å². The van der Waals surface area contributed by atoms with Crippen molar-refractivity contribution in [2.45, 2.75) is 31.9 Å². The Morgan fingerprint density at radius 3 is 2.55 bits per heavy atom. The van der Waals surface area contributed by atoms with E-state index in [0.29, 0.717) is 18.8 Å². The van der Waals surface area contributed by atoms with Gasteiger partial charge in [0.25, 0.3) is 0 Å². The van der Waals surface area contributed by atoms with Gasteiger partial charge in [-0.05, 0) is 55.2 Å². The minimum absolute atomic E-state index is 0.178. The highest BCUT2D eigenvalue weighted by Crippen LogP contribution is 2.36. The maximum atomic E-state index is 13.2. The number of benzene rings is 2. The summed E-state index contributed by atoms with van der Waals surface area (Å²) in [6, 6.07) is 9.35. The van der Waals surface area contributed by atoms with Crippen molar-refractivity contribution in [2.24, 2.45) is 0 Å². The lowest BCUT2D eigenvalue weighted by atomic mass is 10.0. The normalized spacial score (nSPS) is 14.2. The molecule has 0 atom stereocenters. The first-order valence-electron chi connectivity index (χ1n) is 9.29. The molecule has 0 radical (unpaired) electrons. The number of nitrogens with one attached hydrogen (secondary N) is 1. The zero-order chi connectivity index (χ0) is 20.6. The van der Waals surface area contributed by atoms with Crippen molar-refractivity contribution in [3.05, 3.63) is 75.7 Å². The second kappa shape index (κ2) is 7.71. The predicted molar refractivity (Wildman–Crippen MR) is 104 cm³/mol. The number of nitrogens with zero attached hydrogens (tertiary/aromatic N) is 2. The van der Waals surface area contributed by atoms with Gasteiger partial charge in [-0.2, -0.15) is 18.3 Å². The maximum Gasteiger partial charge on any atom is 0.416 e. The Hall–Kier alpha value is -2.54. The van der Waals surface area contributed by atoms with E-state index in [0.717, 1.165) is 48.2 Å². The third-order valence-corrected chi connectivity index (χ3v) is 5.32. The summed E-state index contributed by atoms with van der Waals surface area (Å²) in [4.78, 5) is 0. The smallest absolute Gasteiger partial charge is 0.370 e. The molecule has 152 valence electrons. The Labute approximate surface area is 170 Å². The van der Waals surface area contributed by atoms with Crippen molar-refractivity contribution < 1.29 is 17.6 Å². The molecule has 3 aromatic rings. The first-order valence-corrected chi connectivity index (χ1v) is 9.67. The minimum Gasteiger partial charge on any atom is -0.370 e. The fraction of sp³-hybridized carbons (Fsp3) is 0.286. The van der Waals surface area contributed by atoms with Crippen LogP contribution in [-0.4, -0.2) is 16.3 Å². The van der Waals surface area contributed by atoms with Crippen LogP contribution in [0.3, 0.4) is 0 Å². The Bertz CT molecular complexity index is 1030. The van der Waals surface area contributed by atoms with Gasteiger partial charge in [-0.15, -0.1) is 0 Å². The van der Waals surface area contributed by atoms with E-state index in [1.807, 2.05) is 0 Å². The van der Waals surface area contributed by atoms with Gasteiger partial charge in [-0.3, -0.25) is 0 Å². The summed E-state index contributed by atoms with van der Waals surface area (Å²) in [6.07, 6.45) is -1.38. The lowest BCUT2D eigenvalue weighted by molar-refractivity contribution is -0.137. The first-order chi connectivity index (χ1) is 13.8. The second-order valence-corrected chi connectivity index (χ2v) is 7.44. The molecule has 0 amide bonds. The van der Waals surface area contributed by atoms with E-state index in [4.69, 9.17) is 11.6 Å². The molecule has 0 unspecified atom stereocenters. The molecule has 29 heavy (non-hydrogen) atoms. The Kier molecular flexibility index (Phi) is 5.25. The first kappa shape index (κ1) is 19.8. The van der Waals surface area contributed by atoms with Crippen LogP contribution in [0.5, 0.6) is 0 Å². The third kappa shape index (κ3) is 4.10. The summed E-state index contributed by atoms with van der Waals surface area (Å²) in [6.45, 7) is 0.700.